The molecule has 2 fully saturated rings. The van der Waals surface area contributed by atoms with E-state index >= 15 is 0 Å². The lowest BCUT2D eigenvalue weighted by Crippen LogP contribution is -2.51. The summed E-state index contributed by atoms with van der Waals surface area (Å²) < 4.78 is 13.3. The average Bonchev–Trinajstić information content (AvgIpc) is 3.19. The minimum atomic E-state index is -0.371. The number of nitrogens with zero attached hydrogens (tertiary/aromatic N) is 1. The van der Waals surface area contributed by atoms with Crippen molar-refractivity contribution in [1.82, 2.24) is 5.32 Å². The van der Waals surface area contributed by atoms with E-state index < -0.39 is 0 Å². The molecular weight excluding hydrogens is 267 g/mol. The number of amides is 1. The van der Waals surface area contributed by atoms with Crippen LogP contribution in [0.1, 0.15) is 25.7 Å². The van der Waals surface area contributed by atoms with E-state index in [0.717, 1.165) is 25.7 Å². The molecule has 1 aromatic carbocycles. The molecule has 1 amide bonds. The minimum absolute atomic E-state index is 0.00523. The van der Waals surface area contributed by atoms with E-state index in [-0.39, 0.29) is 17.8 Å². The van der Waals surface area contributed by atoms with Crippen LogP contribution in [0.2, 0.25) is 5.02 Å². The zero-order valence-corrected chi connectivity index (χ0v) is 11.3. The van der Waals surface area contributed by atoms with E-state index in [2.05, 4.69) is 5.32 Å². The van der Waals surface area contributed by atoms with Gasteiger partial charge in [0.15, 0.2) is 0 Å². The fourth-order valence-electron chi connectivity index (χ4n) is 2.50. The predicted molar refractivity (Wildman–Crippen MR) is 72.9 cm³/mol. The summed E-state index contributed by atoms with van der Waals surface area (Å²) in [5.74, 6) is -0.366. The molecule has 3 nitrogen and oxygen atoms in total. The van der Waals surface area contributed by atoms with Gasteiger partial charge in [0, 0.05) is 12.6 Å². The number of rotatable bonds is 3. The van der Waals surface area contributed by atoms with Gasteiger partial charge in [0.25, 0.3) is 0 Å². The van der Waals surface area contributed by atoms with Crippen molar-refractivity contribution in [2.45, 2.75) is 37.8 Å². The maximum atomic E-state index is 13.3. The Bertz CT molecular complexity index is 504. The summed E-state index contributed by atoms with van der Waals surface area (Å²) in [6, 6.07) is 4.47. The Labute approximate surface area is 116 Å². The first kappa shape index (κ1) is 12.9. The van der Waals surface area contributed by atoms with Crippen LogP contribution in [0, 0.1) is 5.82 Å². The molecule has 0 bridgehead atoms. The van der Waals surface area contributed by atoms with Gasteiger partial charge in [-0.05, 0) is 43.9 Å². The maximum Gasteiger partial charge on any atom is 0.244 e. The molecule has 102 valence electrons. The molecule has 1 N–H and O–H groups in total. The molecule has 1 aliphatic heterocycles. The lowest BCUT2D eigenvalue weighted by molar-refractivity contribution is -0.121. The Morgan fingerprint density at radius 2 is 2.11 bits per heavy atom. The highest BCUT2D eigenvalue weighted by molar-refractivity contribution is 6.33. The second-order valence-corrected chi connectivity index (χ2v) is 5.63. The molecule has 0 spiro atoms. The molecule has 5 heteroatoms. The van der Waals surface area contributed by atoms with Crippen LogP contribution in [0.4, 0.5) is 10.1 Å². The molecule has 1 unspecified atom stereocenters. The van der Waals surface area contributed by atoms with Gasteiger partial charge in [0.2, 0.25) is 5.91 Å². The van der Waals surface area contributed by atoms with Gasteiger partial charge in [-0.15, -0.1) is 0 Å². The second kappa shape index (κ2) is 5.10. The number of halogens is 2. The fourth-order valence-corrected chi connectivity index (χ4v) is 2.72. The molecule has 1 heterocycles. The summed E-state index contributed by atoms with van der Waals surface area (Å²) in [4.78, 5) is 14.0. The van der Waals surface area contributed by atoms with Crippen LogP contribution in [-0.4, -0.2) is 24.5 Å². The monoisotopic (exact) mass is 282 g/mol. The predicted octanol–water partition coefficient (Wildman–Crippen LogP) is 2.73. The normalized spacial score (nSPS) is 23.8. The second-order valence-electron chi connectivity index (χ2n) is 5.22. The lowest BCUT2D eigenvalue weighted by atomic mass is 10.0. The molecule has 3 rings (SSSR count). The van der Waals surface area contributed by atoms with Crippen molar-refractivity contribution in [3.63, 3.8) is 0 Å². The topological polar surface area (TPSA) is 32.3 Å². The van der Waals surface area contributed by atoms with Gasteiger partial charge >= 0.3 is 0 Å². The molecule has 1 atom stereocenters. The first-order valence-electron chi connectivity index (χ1n) is 6.67. The molecule has 1 saturated carbocycles. The van der Waals surface area contributed by atoms with E-state index in [1.54, 1.807) is 4.90 Å². The van der Waals surface area contributed by atoms with Crippen LogP contribution in [0.25, 0.3) is 0 Å². The van der Waals surface area contributed by atoms with E-state index in [4.69, 9.17) is 11.6 Å². The van der Waals surface area contributed by atoms with Crippen LogP contribution >= 0.6 is 11.6 Å². The van der Waals surface area contributed by atoms with E-state index in [1.807, 2.05) is 0 Å². The molecule has 2 aliphatic rings. The summed E-state index contributed by atoms with van der Waals surface area (Å²) >= 11 is 6.08. The molecule has 1 aromatic rings. The highest BCUT2D eigenvalue weighted by Gasteiger charge is 2.34. The van der Waals surface area contributed by atoms with Gasteiger partial charge in [0.05, 0.1) is 16.8 Å². The van der Waals surface area contributed by atoms with Crippen molar-refractivity contribution in [3.05, 3.63) is 29.0 Å². The third-order valence-corrected chi connectivity index (χ3v) is 3.97. The SMILES string of the molecule is O=C1C(NC2CC2)CCCN1c1cc(F)ccc1Cl. The zero-order valence-electron chi connectivity index (χ0n) is 10.5. The van der Waals surface area contributed by atoms with E-state index in [0.29, 0.717) is 23.3 Å². The lowest BCUT2D eigenvalue weighted by Gasteiger charge is -2.33. The van der Waals surface area contributed by atoms with Crippen LogP contribution in [-0.2, 0) is 4.79 Å². The van der Waals surface area contributed by atoms with Crippen molar-refractivity contribution in [1.29, 1.82) is 0 Å². The Balaban J connectivity index is 1.82. The summed E-state index contributed by atoms with van der Waals surface area (Å²) in [5, 5.41) is 3.77. The first-order chi connectivity index (χ1) is 9.15. The van der Waals surface area contributed by atoms with Crippen LogP contribution < -0.4 is 10.2 Å². The summed E-state index contributed by atoms with van der Waals surface area (Å²) in [7, 11) is 0. The number of hydrogen-bond acceptors (Lipinski definition) is 2. The Morgan fingerprint density at radius 1 is 1.32 bits per heavy atom. The van der Waals surface area contributed by atoms with Gasteiger partial charge in [0.1, 0.15) is 5.82 Å². The quantitative estimate of drug-likeness (QED) is 0.924. The number of carbonyl (C=O) groups excluding carboxylic acids is 1. The average molecular weight is 283 g/mol. The van der Waals surface area contributed by atoms with Crippen molar-refractivity contribution in [3.8, 4) is 0 Å². The van der Waals surface area contributed by atoms with Crippen molar-refractivity contribution in [2.75, 3.05) is 11.4 Å². The van der Waals surface area contributed by atoms with Gasteiger partial charge in [-0.3, -0.25) is 4.79 Å². The van der Waals surface area contributed by atoms with Crippen molar-refractivity contribution >= 4 is 23.2 Å². The number of piperidine rings is 1. The third-order valence-electron chi connectivity index (χ3n) is 3.65. The zero-order chi connectivity index (χ0) is 13.4. The van der Waals surface area contributed by atoms with Crippen LogP contribution in [0.15, 0.2) is 18.2 Å². The third kappa shape index (κ3) is 2.74. The number of nitrogens with one attached hydrogen (secondary N) is 1. The maximum absolute atomic E-state index is 13.3. The van der Waals surface area contributed by atoms with Crippen molar-refractivity contribution in [2.24, 2.45) is 0 Å². The number of anilines is 1. The summed E-state index contributed by atoms with van der Waals surface area (Å²) in [6.45, 7) is 0.602. The van der Waals surface area contributed by atoms with Gasteiger partial charge in [-0.25, -0.2) is 4.39 Å². The highest BCUT2D eigenvalue weighted by Crippen LogP contribution is 2.30. The number of benzene rings is 1. The molecule has 1 saturated heterocycles. The van der Waals surface area contributed by atoms with Crippen molar-refractivity contribution < 1.29 is 9.18 Å². The molecule has 0 aromatic heterocycles. The van der Waals surface area contributed by atoms with Gasteiger partial charge in [-0.1, -0.05) is 11.6 Å². The number of hydrogen-bond donors (Lipinski definition) is 1. The summed E-state index contributed by atoms with van der Waals surface area (Å²) in [6.07, 6.45) is 4.04. The largest absolute Gasteiger partial charge is 0.309 e. The molecular formula is C14H16ClFN2O. The minimum Gasteiger partial charge on any atom is -0.309 e. The highest BCUT2D eigenvalue weighted by atomic mass is 35.5. The standard InChI is InChI=1S/C14H16ClFN2O/c15-11-6-3-9(16)8-13(11)18-7-1-2-12(14(18)19)17-10-4-5-10/h3,6,8,10,12,17H,1-2,4-5,7H2. The smallest absolute Gasteiger partial charge is 0.244 e. The molecule has 0 radical (unpaired) electrons. The first-order valence-corrected chi connectivity index (χ1v) is 7.05. The molecule has 1 aliphatic carbocycles. The van der Waals surface area contributed by atoms with Crippen LogP contribution in [0.3, 0.4) is 0 Å². The van der Waals surface area contributed by atoms with Crippen LogP contribution in [0.5, 0.6) is 0 Å². The van der Waals surface area contributed by atoms with Gasteiger partial charge in [-0.2, -0.15) is 0 Å². The summed E-state index contributed by atoms with van der Waals surface area (Å²) in [5.41, 5.74) is 0.481. The fraction of sp³-hybridized carbons (Fsp3) is 0.500. The Morgan fingerprint density at radius 3 is 2.84 bits per heavy atom. The Kier molecular flexibility index (Phi) is 3.46. The number of carbonyl (C=O) groups is 1. The van der Waals surface area contributed by atoms with E-state index in [9.17, 15) is 9.18 Å². The Hall–Kier alpha value is -1.13. The van der Waals surface area contributed by atoms with Gasteiger partial charge < -0.3 is 10.2 Å². The molecule has 19 heavy (non-hydrogen) atoms. The van der Waals surface area contributed by atoms with E-state index in [1.165, 1.54) is 18.2 Å².